The minimum Gasteiger partial charge on any atom is -0.503 e. The number of methoxy groups -OCH3 is 1. The number of nitriles is 2. The summed E-state index contributed by atoms with van der Waals surface area (Å²) < 4.78 is 12.5. The Morgan fingerprint density at radius 2 is 1.91 bits per heavy atom. The highest BCUT2D eigenvalue weighted by atomic mass is 16.5. The quantitative estimate of drug-likeness (QED) is 0.637. The fraction of sp³-hybridized carbons (Fsp3) is 0.188. The third-order valence-corrected chi connectivity index (χ3v) is 3.64. The summed E-state index contributed by atoms with van der Waals surface area (Å²) in [7, 11) is 1.52. The molecule has 1 unspecified atom stereocenters. The van der Waals surface area contributed by atoms with Gasteiger partial charge in [-0.3, -0.25) is 0 Å². The number of ether oxygens (including phenoxy) is 2. The number of pyridine rings is 1. The first kappa shape index (κ1) is 14.6. The van der Waals surface area contributed by atoms with Gasteiger partial charge in [0, 0.05) is 19.2 Å². The molecule has 1 aliphatic heterocycles. The summed E-state index contributed by atoms with van der Waals surface area (Å²) in [6.45, 7) is 0.214. The van der Waals surface area contributed by atoms with E-state index in [1.807, 2.05) is 0 Å². The Hall–Kier alpha value is -3.29. The second-order valence-corrected chi connectivity index (χ2v) is 4.91. The Morgan fingerprint density at radius 1 is 1.22 bits per heavy atom. The second-order valence-electron chi connectivity index (χ2n) is 4.91. The van der Waals surface area contributed by atoms with Crippen molar-refractivity contribution in [3.63, 3.8) is 0 Å². The lowest BCUT2D eigenvalue weighted by Crippen LogP contribution is -2.43. The van der Waals surface area contributed by atoms with Gasteiger partial charge in [0.2, 0.25) is 23.3 Å². The molecular formula is C16H12N3O4+. The monoisotopic (exact) mass is 310 g/mol. The summed E-state index contributed by atoms with van der Waals surface area (Å²) in [5.41, 5.74) is 0.200. The number of phenolic OH excluding ortho intramolecular Hbond substituents is 2. The molecule has 2 heterocycles. The molecule has 0 saturated carbocycles. The maximum Gasteiger partial charge on any atom is 0.300 e. The van der Waals surface area contributed by atoms with E-state index < -0.39 is 17.6 Å². The van der Waals surface area contributed by atoms with E-state index in [0.717, 1.165) is 0 Å². The zero-order chi connectivity index (χ0) is 16.6. The number of rotatable bonds is 2. The molecule has 7 heteroatoms. The zero-order valence-corrected chi connectivity index (χ0v) is 12.1. The third-order valence-electron chi connectivity index (χ3n) is 3.64. The van der Waals surface area contributed by atoms with Gasteiger partial charge in [-0.25, -0.2) is 0 Å². The molecule has 0 aliphatic carbocycles. The highest BCUT2D eigenvalue weighted by Crippen LogP contribution is 2.46. The molecule has 1 aromatic carbocycles. The van der Waals surface area contributed by atoms with Crippen LogP contribution in [0, 0.1) is 22.7 Å². The average molecular weight is 310 g/mol. The molecule has 2 aromatic rings. The van der Waals surface area contributed by atoms with E-state index in [2.05, 4.69) is 0 Å². The number of aromatic hydroxyl groups is 2. The number of hydrogen-bond acceptors (Lipinski definition) is 6. The normalized spacial score (nSPS) is 14.8. The van der Waals surface area contributed by atoms with Crippen LogP contribution in [0.1, 0.15) is 22.9 Å². The second kappa shape index (κ2) is 5.48. The predicted molar refractivity (Wildman–Crippen MR) is 76.0 cm³/mol. The lowest BCUT2D eigenvalue weighted by Gasteiger charge is -2.24. The molecular weight excluding hydrogens is 298 g/mol. The smallest absolute Gasteiger partial charge is 0.300 e. The van der Waals surface area contributed by atoms with Crippen molar-refractivity contribution in [2.45, 2.75) is 6.10 Å². The van der Waals surface area contributed by atoms with E-state index in [1.165, 1.54) is 7.11 Å². The molecule has 3 rings (SSSR count). The molecule has 114 valence electrons. The van der Waals surface area contributed by atoms with Gasteiger partial charge in [-0.15, -0.1) is 0 Å². The molecule has 0 amide bonds. The van der Waals surface area contributed by atoms with Crippen LogP contribution in [0.3, 0.4) is 0 Å². The topological polar surface area (TPSA) is 110 Å². The van der Waals surface area contributed by atoms with Gasteiger partial charge in [0.15, 0.2) is 11.9 Å². The van der Waals surface area contributed by atoms with Crippen LogP contribution in [-0.2, 0) is 4.74 Å². The minimum atomic E-state index is -0.529. The van der Waals surface area contributed by atoms with Crippen molar-refractivity contribution in [3.05, 3.63) is 41.2 Å². The van der Waals surface area contributed by atoms with Crippen molar-refractivity contribution in [2.24, 2.45) is 0 Å². The lowest BCUT2D eigenvalue weighted by atomic mass is 10.0. The van der Waals surface area contributed by atoms with Crippen LogP contribution in [0.5, 0.6) is 17.2 Å². The van der Waals surface area contributed by atoms with Crippen molar-refractivity contribution >= 4 is 0 Å². The maximum absolute atomic E-state index is 10.4. The number of hydrogen-bond donors (Lipinski definition) is 2. The molecule has 0 saturated heterocycles. The van der Waals surface area contributed by atoms with E-state index in [1.54, 1.807) is 41.1 Å². The van der Waals surface area contributed by atoms with E-state index in [0.29, 0.717) is 5.69 Å². The molecule has 2 N–H and O–H groups in total. The largest absolute Gasteiger partial charge is 0.503 e. The van der Waals surface area contributed by atoms with E-state index in [9.17, 15) is 15.5 Å². The van der Waals surface area contributed by atoms with Gasteiger partial charge in [-0.1, -0.05) is 0 Å². The molecule has 0 spiro atoms. The Bertz CT molecular complexity index is 880. The zero-order valence-electron chi connectivity index (χ0n) is 12.1. The van der Waals surface area contributed by atoms with Crippen molar-refractivity contribution < 1.29 is 24.3 Å². The molecule has 23 heavy (non-hydrogen) atoms. The van der Waals surface area contributed by atoms with E-state index >= 15 is 0 Å². The van der Waals surface area contributed by atoms with Gasteiger partial charge in [0.05, 0.1) is 6.61 Å². The Kier molecular flexibility index (Phi) is 3.49. The predicted octanol–water partition coefficient (Wildman–Crippen LogP) is 1.20. The summed E-state index contributed by atoms with van der Waals surface area (Å²) in [4.78, 5) is 0. The highest BCUT2D eigenvalue weighted by Gasteiger charge is 2.40. The average Bonchev–Trinajstić information content (AvgIpc) is 2.57. The standard InChI is InChI=1S/C16H11N3O4/c1-22-8-12-11-4-2-3-5-19(11)13-14(20)9(6-17)10(7-18)15(21)16(13)23-12/h2-5,12H,8H2,1H3,(H-,20,21)/p+1. The van der Waals surface area contributed by atoms with Crippen LogP contribution in [0.25, 0.3) is 5.69 Å². The molecule has 7 nitrogen and oxygen atoms in total. The summed E-state index contributed by atoms with van der Waals surface area (Å²) in [6, 6.07) is 8.79. The van der Waals surface area contributed by atoms with E-state index in [4.69, 9.17) is 14.7 Å². The first-order chi connectivity index (χ1) is 11.1. The molecule has 1 aromatic heterocycles. The Labute approximate surface area is 131 Å². The third kappa shape index (κ3) is 2.03. The van der Waals surface area contributed by atoms with Gasteiger partial charge in [-0.2, -0.15) is 15.1 Å². The van der Waals surface area contributed by atoms with Crippen LogP contribution in [0.4, 0.5) is 0 Å². The lowest BCUT2D eigenvalue weighted by molar-refractivity contribution is -0.615. The van der Waals surface area contributed by atoms with Gasteiger partial charge < -0.3 is 19.7 Å². The Morgan fingerprint density at radius 3 is 2.57 bits per heavy atom. The first-order valence-electron chi connectivity index (χ1n) is 6.72. The van der Waals surface area contributed by atoms with Crippen LogP contribution in [0.2, 0.25) is 0 Å². The highest BCUT2D eigenvalue weighted by molar-refractivity contribution is 5.73. The molecule has 1 aliphatic rings. The summed E-state index contributed by atoms with van der Waals surface area (Å²) >= 11 is 0. The number of fused-ring (bicyclic) bond motifs is 3. The van der Waals surface area contributed by atoms with Gasteiger partial charge >= 0.3 is 5.69 Å². The van der Waals surface area contributed by atoms with Gasteiger partial charge in [0.25, 0.3) is 0 Å². The van der Waals surface area contributed by atoms with Gasteiger partial charge in [0.1, 0.15) is 23.3 Å². The van der Waals surface area contributed by atoms with Crippen molar-refractivity contribution in [1.29, 1.82) is 10.5 Å². The van der Waals surface area contributed by atoms with Crippen molar-refractivity contribution in [2.75, 3.05) is 13.7 Å². The molecule has 0 radical (unpaired) electrons. The molecule has 1 atom stereocenters. The summed E-state index contributed by atoms with van der Waals surface area (Å²) in [5, 5.41) is 39.1. The number of nitrogens with zero attached hydrogens (tertiary/aromatic N) is 3. The number of phenols is 2. The van der Waals surface area contributed by atoms with Crippen LogP contribution in [-0.4, -0.2) is 23.9 Å². The summed E-state index contributed by atoms with van der Waals surface area (Å²) in [5.74, 6) is -0.936. The fourth-order valence-electron chi connectivity index (χ4n) is 2.64. The van der Waals surface area contributed by atoms with Crippen LogP contribution in [0.15, 0.2) is 24.4 Å². The fourth-order valence-corrected chi connectivity index (χ4v) is 2.64. The Balaban J connectivity index is 2.38. The summed E-state index contributed by atoms with van der Waals surface area (Å²) in [6.07, 6.45) is 1.14. The van der Waals surface area contributed by atoms with Crippen LogP contribution >= 0.6 is 0 Å². The van der Waals surface area contributed by atoms with Crippen molar-refractivity contribution in [3.8, 4) is 35.1 Å². The molecule has 0 fully saturated rings. The van der Waals surface area contributed by atoms with Gasteiger partial charge in [-0.05, 0) is 6.07 Å². The van der Waals surface area contributed by atoms with E-state index in [-0.39, 0.29) is 29.2 Å². The number of aromatic nitrogens is 1. The maximum atomic E-state index is 10.4. The molecule has 0 bridgehead atoms. The van der Waals surface area contributed by atoms with Crippen LogP contribution < -0.4 is 9.30 Å². The minimum absolute atomic E-state index is 0.0520. The van der Waals surface area contributed by atoms with Crippen molar-refractivity contribution in [1.82, 2.24) is 0 Å². The first-order valence-corrected chi connectivity index (χ1v) is 6.72. The number of benzene rings is 1. The SMILES string of the molecule is COCC1Oc2c(O)c(C#N)c(C#N)c(O)c2-[n+]2ccccc21.